The molecule has 8 heteroatoms. The van der Waals surface area contributed by atoms with Gasteiger partial charge < -0.3 is 26.9 Å². The van der Waals surface area contributed by atoms with Crippen molar-refractivity contribution in [2.24, 2.45) is 16.5 Å². The first-order chi connectivity index (χ1) is 9.09. The van der Waals surface area contributed by atoms with Gasteiger partial charge >= 0.3 is 5.97 Å². The maximum absolute atomic E-state index is 10.5. The van der Waals surface area contributed by atoms with E-state index >= 15 is 0 Å². The number of nitrogens with zero attached hydrogens (tertiary/aromatic N) is 2. The molecule has 0 fully saturated rings. The van der Waals surface area contributed by atoms with E-state index in [4.69, 9.17) is 16.6 Å². The molecule has 0 aliphatic rings. The summed E-state index contributed by atoms with van der Waals surface area (Å²) in [5.74, 6) is 0.233. The third-order valence-corrected chi connectivity index (χ3v) is 2.50. The maximum Gasteiger partial charge on any atom is 0.320 e. The number of rotatable bonds is 8. The van der Waals surface area contributed by atoms with E-state index in [-0.39, 0.29) is 0 Å². The summed E-state index contributed by atoms with van der Waals surface area (Å²) in [6, 6.07) is -0.830. The summed E-state index contributed by atoms with van der Waals surface area (Å²) in [5, 5.41) is 11.5. The molecule has 1 heterocycles. The Morgan fingerprint density at radius 2 is 2.42 bits per heavy atom. The summed E-state index contributed by atoms with van der Waals surface area (Å²) in [5.41, 5.74) is 11.0. The van der Waals surface area contributed by atoms with Crippen LogP contribution in [0.4, 0.5) is 0 Å². The van der Waals surface area contributed by atoms with Crippen molar-refractivity contribution in [3.05, 3.63) is 18.2 Å². The number of hydrogen-bond acceptors (Lipinski definition) is 4. The van der Waals surface area contributed by atoms with Gasteiger partial charge in [-0.15, -0.1) is 0 Å². The minimum absolute atomic E-state index is 0.343. The van der Waals surface area contributed by atoms with Gasteiger partial charge in [0.25, 0.3) is 0 Å². The Morgan fingerprint density at radius 1 is 1.63 bits per heavy atom. The standard InChI is InChI=1S/C11H20N6O2/c12-8(10(18)19)2-1-4-16-11(13)17-5-3-9-14-6-7-15-9/h6-8H,1-5,12H2,(H,14,15)(H,18,19)(H3,13,16,17)/t8-/m0/s1. The largest absolute Gasteiger partial charge is 0.480 e. The lowest BCUT2D eigenvalue weighted by atomic mass is 10.2. The lowest BCUT2D eigenvalue weighted by Crippen LogP contribution is -2.33. The molecule has 1 atom stereocenters. The second-order valence-electron chi connectivity index (χ2n) is 4.07. The molecule has 106 valence electrons. The molecule has 0 spiro atoms. The molecular weight excluding hydrogens is 248 g/mol. The lowest BCUT2D eigenvalue weighted by Gasteiger charge is -2.06. The SMILES string of the molecule is NC(=NCCC[C@H](N)C(=O)O)NCCc1ncc[nH]1. The highest BCUT2D eigenvalue weighted by Gasteiger charge is 2.09. The van der Waals surface area contributed by atoms with Crippen molar-refractivity contribution >= 4 is 11.9 Å². The molecule has 0 saturated carbocycles. The van der Waals surface area contributed by atoms with Gasteiger partial charge in [-0.05, 0) is 12.8 Å². The number of nitrogens with one attached hydrogen (secondary N) is 2. The predicted octanol–water partition coefficient (Wildman–Crippen LogP) is -0.951. The van der Waals surface area contributed by atoms with E-state index < -0.39 is 12.0 Å². The summed E-state index contributed by atoms with van der Waals surface area (Å²) in [6.45, 7) is 1.10. The molecule has 1 aromatic rings. The molecule has 0 aliphatic heterocycles. The average molecular weight is 268 g/mol. The number of aromatic nitrogens is 2. The molecule has 0 aliphatic carbocycles. The zero-order chi connectivity index (χ0) is 14.1. The first kappa shape index (κ1) is 15.0. The van der Waals surface area contributed by atoms with Gasteiger partial charge in [0.05, 0.1) is 0 Å². The molecule has 7 N–H and O–H groups in total. The zero-order valence-electron chi connectivity index (χ0n) is 10.7. The highest BCUT2D eigenvalue weighted by atomic mass is 16.4. The minimum Gasteiger partial charge on any atom is -0.480 e. The van der Waals surface area contributed by atoms with Crippen LogP contribution in [-0.4, -0.2) is 46.1 Å². The van der Waals surface area contributed by atoms with Crippen LogP contribution >= 0.6 is 0 Å². The molecule has 0 amide bonds. The van der Waals surface area contributed by atoms with E-state index in [1.807, 2.05) is 0 Å². The summed E-state index contributed by atoms with van der Waals surface area (Å²) >= 11 is 0. The third kappa shape index (κ3) is 6.41. The van der Waals surface area contributed by atoms with Crippen molar-refractivity contribution in [3.8, 4) is 0 Å². The molecular formula is C11H20N6O2. The van der Waals surface area contributed by atoms with Gasteiger partial charge in [0.2, 0.25) is 0 Å². The Bertz CT molecular complexity index is 403. The molecule has 8 nitrogen and oxygen atoms in total. The molecule has 0 radical (unpaired) electrons. The molecule has 0 aromatic carbocycles. The Kier molecular flexibility index (Phi) is 6.37. The Hall–Kier alpha value is -2.09. The summed E-state index contributed by atoms with van der Waals surface area (Å²) < 4.78 is 0. The van der Waals surface area contributed by atoms with E-state index in [1.165, 1.54) is 0 Å². The normalized spacial score (nSPS) is 13.2. The van der Waals surface area contributed by atoms with Crippen LogP contribution in [0.5, 0.6) is 0 Å². The first-order valence-corrected chi connectivity index (χ1v) is 6.10. The molecule has 19 heavy (non-hydrogen) atoms. The number of hydrogen-bond donors (Lipinski definition) is 5. The maximum atomic E-state index is 10.5. The molecule has 1 rings (SSSR count). The number of H-pyrrole nitrogens is 1. The Labute approximate surface area is 111 Å². The highest BCUT2D eigenvalue weighted by molar-refractivity contribution is 5.77. The number of imidazole rings is 1. The van der Waals surface area contributed by atoms with Crippen LogP contribution in [-0.2, 0) is 11.2 Å². The average Bonchev–Trinajstić information content (AvgIpc) is 2.87. The van der Waals surface area contributed by atoms with Crippen molar-refractivity contribution in [2.75, 3.05) is 13.1 Å². The van der Waals surface area contributed by atoms with Crippen LogP contribution in [0, 0.1) is 0 Å². The monoisotopic (exact) mass is 268 g/mol. The van der Waals surface area contributed by atoms with Crippen LogP contribution in [0.3, 0.4) is 0 Å². The van der Waals surface area contributed by atoms with Crippen LogP contribution in [0.15, 0.2) is 17.4 Å². The van der Waals surface area contributed by atoms with E-state index in [2.05, 4.69) is 20.3 Å². The Balaban J connectivity index is 2.10. The van der Waals surface area contributed by atoms with Gasteiger partial charge in [-0.1, -0.05) is 0 Å². The molecule has 0 saturated heterocycles. The van der Waals surface area contributed by atoms with Crippen molar-refractivity contribution in [1.82, 2.24) is 15.3 Å². The van der Waals surface area contributed by atoms with E-state index in [9.17, 15) is 4.79 Å². The van der Waals surface area contributed by atoms with E-state index in [0.717, 1.165) is 12.2 Å². The zero-order valence-corrected chi connectivity index (χ0v) is 10.7. The number of nitrogens with two attached hydrogens (primary N) is 2. The number of guanidine groups is 1. The van der Waals surface area contributed by atoms with Crippen LogP contribution < -0.4 is 16.8 Å². The van der Waals surface area contributed by atoms with Crippen molar-refractivity contribution in [3.63, 3.8) is 0 Å². The number of aromatic amines is 1. The number of aliphatic carboxylic acids is 1. The van der Waals surface area contributed by atoms with E-state index in [1.54, 1.807) is 12.4 Å². The molecule has 0 unspecified atom stereocenters. The van der Waals surface area contributed by atoms with Gasteiger partial charge in [0, 0.05) is 31.9 Å². The van der Waals surface area contributed by atoms with Gasteiger partial charge in [-0.25, -0.2) is 4.98 Å². The Morgan fingerprint density at radius 3 is 3.05 bits per heavy atom. The fraction of sp³-hybridized carbons (Fsp3) is 0.545. The van der Waals surface area contributed by atoms with Gasteiger partial charge in [-0.2, -0.15) is 0 Å². The van der Waals surface area contributed by atoms with Crippen LogP contribution in [0.25, 0.3) is 0 Å². The van der Waals surface area contributed by atoms with Crippen molar-refractivity contribution < 1.29 is 9.90 Å². The fourth-order valence-corrected chi connectivity index (χ4v) is 1.43. The minimum atomic E-state index is -0.992. The number of aliphatic imine (C=N–C) groups is 1. The van der Waals surface area contributed by atoms with Gasteiger partial charge in [-0.3, -0.25) is 9.79 Å². The lowest BCUT2D eigenvalue weighted by molar-refractivity contribution is -0.138. The van der Waals surface area contributed by atoms with Crippen molar-refractivity contribution in [1.29, 1.82) is 0 Å². The molecule has 0 bridgehead atoms. The number of carboxylic acid groups (broad SMARTS) is 1. The fourth-order valence-electron chi connectivity index (χ4n) is 1.43. The number of carbonyl (C=O) groups is 1. The first-order valence-electron chi connectivity index (χ1n) is 6.10. The number of carboxylic acids is 1. The summed E-state index contributed by atoms with van der Waals surface area (Å²) in [4.78, 5) is 21.6. The van der Waals surface area contributed by atoms with Crippen LogP contribution in [0.1, 0.15) is 18.7 Å². The smallest absolute Gasteiger partial charge is 0.320 e. The second-order valence-corrected chi connectivity index (χ2v) is 4.07. The third-order valence-electron chi connectivity index (χ3n) is 2.50. The highest BCUT2D eigenvalue weighted by Crippen LogP contribution is 1.95. The van der Waals surface area contributed by atoms with E-state index in [0.29, 0.717) is 31.9 Å². The van der Waals surface area contributed by atoms with Crippen molar-refractivity contribution in [2.45, 2.75) is 25.3 Å². The van der Waals surface area contributed by atoms with Crippen LogP contribution in [0.2, 0.25) is 0 Å². The quantitative estimate of drug-likeness (QED) is 0.234. The summed E-state index contributed by atoms with van der Waals surface area (Å²) in [6.07, 6.45) is 5.16. The predicted molar refractivity (Wildman–Crippen MR) is 71.6 cm³/mol. The summed E-state index contributed by atoms with van der Waals surface area (Å²) in [7, 11) is 0. The van der Waals surface area contributed by atoms with Gasteiger partial charge in [0.1, 0.15) is 11.9 Å². The second kappa shape index (κ2) is 8.09. The van der Waals surface area contributed by atoms with Gasteiger partial charge in [0.15, 0.2) is 5.96 Å². The topological polar surface area (TPSA) is 142 Å². The molecule has 1 aromatic heterocycles.